The SMILES string of the molecule is COCCC(=O)N1CCC(NC(=NCC(=O)N(C)C)NC2CC3CCC2C3)CC1. The van der Waals surface area contributed by atoms with Crippen molar-refractivity contribution in [1.29, 1.82) is 0 Å². The van der Waals surface area contributed by atoms with Crippen LogP contribution in [0.15, 0.2) is 4.99 Å². The number of likely N-dealkylation sites (N-methyl/N-ethyl adjacent to an activating group) is 1. The van der Waals surface area contributed by atoms with E-state index in [1.165, 1.54) is 25.7 Å². The van der Waals surface area contributed by atoms with Gasteiger partial charge in [0.1, 0.15) is 6.54 Å². The molecule has 8 nitrogen and oxygen atoms in total. The normalized spacial score (nSPS) is 27.2. The number of aliphatic imine (C=N–C) groups is 1. The van der Waals surface area contributed by atoms with Crippen molar-refractivity contribution in [1.82, 2.24) is 20.4 Å². The number of piperidine rings is 1. The number of nitrogens with zero attached hydrogens (tertiary/aromatic N) is 3. The van der Waals surface area contributed by atoms with Gasteiger partial charge in [0.15, 0.2) is 5.96 Å². The molecule has 3 fully saturated rings. The lowest BCUT2D eigenvalue weighted by Crippen LogP contribution is -2.52. The first kappa shape index (κ1) is 21.9. The molecule has 3 atom stereocenters. The number of carbonyl (C=O) groups is 2. The second-order valence-electron chi connectivity index (χ2n) is 8.92. The van der Waals surface area contributed by atoms with Crippen LogP contribution in [0, 0.1) is 11.8 Å². The summed E-state index contributed by atoms with van der Waals surface area (Å²) in [7, 11) is 5.13. The fraction of sp³-hybridized carbons (Fsp3) is 0.857. The van der Waals surface area contributed by atoms with Crippen LogP contribution in [0.2, 0.25) is 0 Å². The zero-order chi connectivity index (χ0) is 20.8. The van der Waals surface area contributed by atoms with Gasteiger partial charge in [0.05, 0.1) is 13.0 Å². The molecule has 3 aliphatic rings. The quantitative estimate of drug-likeness (QED) is 0.482. The van der Waals surface area contributed by atoms with Crippen molar-refractivity contribution in [2.75, 3.05) is 47.4 Å². The molecule has 0 spiro atoms. The maximum Gasteiger partial charge on any atom is 0.243 e. The van der Waals surface area contributed by atoms with Gasteiger partial charge in [0, 0.05) is 46.4 Å². The van der Waals surface area contributed by atoms with E-state index in [0.717, 1.165) is 43.7 Å². The van der Waals surface area contributed by atoms with E-state index < -0.39 is 0 Å². The fourth-order valence-corrected chi connectivity index (χ4v) is 4.83. The van der Waals surface area contributed by atoms with E-state index in [1.54, 1.807) is 26.1 Å². The zero-order valence-electron chi connectivity index (χ0n) is 18.2. The van der Waals surface area contributed by atoms with Crippen LogP contribution in [0.3, 0.4) is 0 Å². The van der Waals surface area contributed by atoms with Crippen LogP contribution >= 0.6 is 0 Å². The number of hydrogen-bond donors (Lipinski definition) is 2. The Morgan fingerprint density at radius 3 is 2.45 bits per heavy atom. The Hall–Kier alpha value is -1.83. The zero-order valence-corrected chi connectivity index (χ0v) is 18.2. The molecule has 0 aromatic carbocycles. The highest BCUT2D eigenvalue weighted by atomic mass is 16.5. The molecule has 0 aromatic heterocycles. The molecule has 2 amide bonds. The highest BCUT2D eigenvalue weighted by Crippen LogP contribution is 2.44. The first-order chi connectivity index (χ1) is 14.0. The Morgan fingerprint density at radius 1 is 1.10 bits per heavy atom. The summed E-state index contributed by atoms with van der Waals surface area (Å²) in [6, 6.07) is 0.728. The molecule has 0 aromatic rings. The number of fused-ring (bicyclic) bond motifs is 2. The van der Waals surface area contributed by atoms with Crippen molar-refractivity contribution in [3.05, 3.63) is 0 Å². The summed E-state index contributed by atoms with van der Waals surface area (Å²) in [6.07, 6.45) is 7.41. The second-order valence-corrected chi connectivity index (χ2v) is 8.92. The van der Waals surface area contributed by atoms with E-state index in [-0.39, 0.29) is 24.4 Å². The van der Waals surface area contributed by atoms with E-state index in [9.17, 15) is 9.59 Å². The predicted molar refractivity (Wildman–Crippen MR) is 113 cm³/mol. The van der Waals surface area contributed by atoms with Crippen LogP contribution in [0.4, 0.5) is 0 Å². The van der Waals surface area contributed by atoms with Crippen LogP contribution in [0.1, 0.15) is 44.9 Å². The van der Waals surface area contributed by atoms with E-state index in [0.29, 0.717) is 19.1 Å². The van der Waals surface area contributed by atoms with E-state index >= 15 is 0 Å². The van der Waals surface area contributed by atoms with E-state index in [4.69, 9.17) is 4.74 Å². The van der Waals surface area contributed by atoms with Gasteiger partial charge in [-0.1, -0.05) is 6.42 Å². The average molecular weight is 408 g/mol. The Bertz CT molecular complexity index is 601. The van der Waals surface area contributed by atoms with Crippen molar-refractivity contribution in [2.24, 2.45) is 16.8 Å². The summed E-state index contributed by atoms with van der Waals surface area (Å²) in [5, 5.41) is 7.17. The van der Waals surface area contributed by atoms with Gasteiger partial charge < -0.3 is 25.2 Å². The number of nitrogens with one attached hydrogen (secondary N) is 2. The minimum atomic E-state index is -0.00222. The Morgan fingerprint density at radius 2 is 1.86 bits per heavy atom. The van der Waals surface area contributed by atoms with Crippen LogP contribution in [-0.2, 0) is 14.3 Å². The Labute approximate surface area is 174 Å². The maximum absolute atomic E-state index is 12.2. The maximum atomic E-state index is 12.2. The number of carbonyl (C=O) groups excluding carboxylic acids is 2. The summed E-state index contributed by atoms with van der Waals surface area (Å²) in [5.41, 5.74) is 0. The monoisotopic (exact) mass is 407 g/mol. The average Bonchev–Trinajstić information content (AvgIpc) is 3.33. The van der Waals surface area contributed by atoms with Crippen LogP contribution in [0.25, 0.3) is 0 Å². The fourth-order valence-electron chi connectivity index (χ4n) is 4.83. The van der Waals surface area contributed by atoms with Crippen molar-refractivity contribution in [2.45, 2.75) is 57.0 Å². The topological polar surface area (TPSA) is 86.3 Å². The van der Waals surface area contributed by atoms with Gasteiger partial charge in [-0.15, -0.1) is 0 Å². The molecular formula is C21H37N5O3. The molecule has 3 rings (SSSR count). The Kier molecular flexibility index (Phi) is 7.75. The largest absolute Gasteiger partial charge is 0.384 e. The van der Waals surface area contributed by atoms with Gasteiger partial charge in [-0.3, -0.25) is 9.59 Å². The lowest BCUT2D eigenvalue weighted by atomic mass is 9.95. The number of amides is 2. The predicted octanol–water partition coefficient (Wildman–Crippen LogP) is 0.826. The molecule has 0 radical (unpaired) electrons. The third-order valence-electron chi connectivity index (χ3n) is 6.64. The summed E-state index contributed by atoms with van der Waals surface area (Å²) >= 11 is 0. The van der Waals surface area contributed by atoms with E-state index in [2.05, 4.69) is 15.6 Å². The van der Waals surface area contributed by atoms with Crippen LogP contribution in [0.5, 0.6) is 0 Å². The number of rotatable bonds is 7. The third-order valence-corrected chi connectivity index (χ3v) is 6.64. The number of ether oxygens (including phenoxy) is 1. The molecule has 2 aliphatic carbocycles. The van der Waals surface area contributed by atoms with Crippen LogP contribution < -0.4 is 10.6 Å². The molecule has 2 N–H and O–H groups in total. The van der Waals surface area contributed by atoms with Crippen molar-refractivity contribution < 1.29 is 14.3 Å². The minimum Gasteiger partial charge on any atom is -0.384 e. The second kappa shape index (κ2) is 10.3. The molecule has 2 bridgehead atoms. The van der Waals surface area contributed by atoms with Crippen LogP contribution in [-0.4, -0.2) is 87.1 Å². The van der Waals surface area contributed by atoms with Gasteiger partial charge >= 0.3 is 0 Å². The van der Waals surface area contributed by atoms with Crippen molar-refractivity contribution in [3.8, 4) is 0 Å². The highest BCUT2D eigenvalue weighted by Gasteiger charge is 2.40. The summed E-state index contributed by atoms with van der Waals surface area (Å²) < 4.78 is 5.01. The van der Waals surface area contributed by atoms with Gasteiger partial charge in [-0.2, -0.15) is 0 Å². The molecular weight excluding hydrogens is 370 g/mol. The third kappa shape index (κ3) is 6.07. The molecule has 1 heterocycles. The molecule has 1 saturated heterocycles. The molecule has 2 saturated carbocycles. The number of guanidine groups is 1. The first-order valence-electron chi connectivity index (χ1n) is 11.0. The summed E-state index contributed by atoms with van der Waals surface area (Å²) in [4.78, 5) is 32.3. The van der Waals surface area contributed by atoms with Gasteiger partial charge in [0.25, 0.3) is 0 Å². The molecule has 164 valence electrons. The first-order valence-corrected chi connectivity index (χ1v) is 11.0. The summed E-state index contributed by atoms with van der Waals surface area (Å²) in [6.45, 7) is 2.12. The lowest BCUT2D eigenvalue weighted by molar-refractivity contribution is -0.133. The molecule has 29 heavy (non-hydrogen) atoms. The number of likely N-dealkylation sites (tertiary alicyclic amines) is 1. The van der Waals surface area contributed by atoms with Gasteiger partial charge in [0.2, 0.25) is 11.8 Å². The van der Waals surface area contributed by atoms with E-state index in [1.807, 2.05) is 4.90 Å². The van der Waals surface area contributed by atoms with Gasteiger partial charge in [-0.25, -0.2) is 4.99 Å². The van der Waals surface area contributed by atoms with Crippen molar-refractivity contribution >= 4 is 17.8 Å². The lowest BCUT2D eigenvalue weighted by Gasteiger charge is -2.34. The number of hydrogen-bond acceptors (Lipinski definition) is 4. The minimum absolute atomic E-state index is 0.00222. The molecule has 8 heteroatoms. The van der Waals surface area contributed by atoms with Crippen molar-refractivity contribution in [3.63, 3.8) is 0 Å². The number of methoxy groups -OCH3 is 1. The molecule has 1 aliphatic heterocycles. The smallest absolute Gasteiger partial charge is 0.243 e. The van der Waals surface area contributed by atoms with Gasteiger partial charge in [-0.05, 0) is 43.9 Å². The standard InChI is InChI=1S/C21H37N5O3/c1-25(2)20(28)14-22-21(24-18-13-15-4-5-16(18)12-15)23-17-6-9-26(10-7-17)19(27)8-11-29-3/h15-18H,4-14H2,1-3H3,(H2,22,23,24). The summed E-state index contributed by atoms with van der Waals surface area (Å²) in [5.74, 6) is 2.50. The highest BCUT2D eigenvalue weighted by molar-refractivity contribution is 5.85. The Balaban J connectivity index is 1.53. The molecule has 3 unspecified atom stereocenters.